The van der Waals surface area contributed by atoms with Crippen molar-refractivity contribution in [2.45, 2.75) is 64.7 Å². The van der Waals surface area contributed by atoms with Crippen LogP contribution in [0.4, 0.5) is 4.79 Å². The maximum Gasteiger partial charge on any atom is 0.317 e. The van der Waals surface area contributed by atoms with Crippen molar-refractivity contribution in [3.63, 3.8) is 0 Å². The second-order valence-electron chi connectivity index (χ2n) is 9.44. The zero-order valence-corrected chi connectivity index (χ0v) is 16.8. The van der Waals surface area contributed by atoms with Gasteiger partial charge in [-0.3, -0.25) is 4.98 Å². The van der Waals surface area contributed by atoms with E-state index in [2.05, 4.69) is 17.2 Å². The van der Waals surface area contributed by atoms with Gasteiger partial charge in [0.05, 0.1) is 0 Å². The predicted octanol–water partition coefficient (Wildman–Crippen LogP) is 4.65. The van der Waals surface area contributed by atoms with E-state index in [0.717, 1.165) is 50.2 Å². The van der Waals surface area contributed by atoms with Crippen molar-refractivity contribution >= 4 is 6.03 Å². The zero-order valence-electron chi connectivity index (χ0n) is 16.8. The molecule has 0 spiro atoms. The van der Waals surface area contributed by atoms with Crippen molar-refractivity contribution in [3.05, 3.63) is 30.1 Å². The summed E-state index contributed by atoms with van der Waals surface area (Å²) in [6.45, 7) is 4.59. The molecule has 0 saturated heterocycles. The van der Waals surface area contributed by atoms with E-state index in [9.17, 15) is 4.79 Å². The quantitative estimate of drug-likeness (QED) is 0.678. The number of aryl methyl sites for hydroxylation is 1. The van der Waals surface area contributed by atoms with Gasteiger partial charge in [-0.05, 0) is 106 Å². The molecule has 4 bridgehead atoms. The number of hydrogen-bond acceptors (Lipinski definition) is 2. The number of hydrogen-bond donors (Lipinski definition) is 1. The molecule has 4 heteroatoms. The van der Waals surface area contributed by atoms with E-state index >= 15 is 0 Å². The highest BCUT2D eigenvalue weighted by atomic mass is 16.2. The molecule has 0 unspecified atom stereocenters. The van der Waals surface area contributed by atoms with Crippen LogP contribution in [0.2, 0.25) is 0 Å². The average Bonchev–Trinajstić information content (AvgIpc) is 2.65. The molecule has 4 aliphatic rings. The van der Waals surface area contributed by atoms with Gasteiger partial charge >= 0.3 is 6.03 Å². The van der Waals surface area contributed by atoms with Crippen molar-refractivity contribution in [2.24, 2.45) is 23.2 Å². The van der Waals surface area contributed by atoms with Gasteiger partial charge in [-0.2, -0.15) is 0 Å². The molecule has 4 aliphatic carbocycles. The van der Waals surface area contributed by atoms with Gasteiger partial charge in [0.25, 0.3) is 0 Å². The Labute approximate surface area is 164 Å². The van der Waals surface area contributed by atoms with Crippen molar-refractivity contribution in [2.75, 3.05) is 19.6 Å². The molecular formula is C23H35N3O. The SMILES string of the molecule is CCN(CCC12CC3CC(CC(C3)C1)C2)C(=O)NCCCc1ccncc1. The molecule has 4 fully saturated rings. The Kier molecular flexibility index (Phi) is 5.70. The first-order valence-corrected chi connectivity index (χ1v) is 11.1. The van der Waals surface area contributed by atoms with Crippen LogP contribution in [0.15, 0.2) is 24.5 Å². The highest BCUT2D eigenvalue weighted by Gasteiger charge is 2.50. The fourth-order valence-electron chi connectivity index (χ4n) is 6.52. The molecule has 148 valence electrons. The van der Waals surface area contributed by atoms with Crippen LogP contribution >= 0.6 is 0 Å². The minimum Gasteiger partial charge on any atom is -0.338 e. The highest BCUT2D eigenvalue weighted by Crippen LogP contribution is 2.61. The number of nitrogens with one attached hydrogen (secondary N) is 1. The molecule has 1 heterocycles. The summed E-state index contributed by atoms with van der Waals surface area (Å²) in [7, 11) is 0. The number of urea groups is 1. The van der Waals surface area contributed by atoms with E-state index in [1.165, 1.54) is 50.5 Å². The van der Waals surface area contributed by atoms with Gasteiger partial charge in [0.15, 0.2) is 0 Å². The summed E-state index contributed by atoms with van der Waals surface area (Å²) < 4.78 is 0. The first-order valence-electron chi connectivity index (χ1n) is 11.1. The van der Waals surface area contributed by atoms with Gasteiger partial charge in [0.1, 0.15) is 0 Å². The lowest BCUT2D eigenvalue weighted by atomic mass is 9.49. The predicted molar refractivity (Wildman–Crippen MR) is 108 cm³/mol. The molecule has 4 saturated carbocycles. The highest BCUT2D eigenvalue weighted by molar-refractivity contribution is 5.74. The number of pyridine rings is 1. The van der Waals surface area contributed by atoms with Gasteiger partial charge in [-0.15, -0.1) is 0 Å². The van der Waals surface area contributed by atoms with Gasteiger partial charge < -0.3 is 10.2 Å². The van der Waals surface area contributed by atoms with Gasteiger partial charge in [0, 0.05) is 32.0 Å². The lowest BCUT2D eigenvalue weighted by Gasteiger charge is -2.57. The van der Waals surface area contributed by atoms with Crippen LogP contribution in [0, 0.1) is 23.2 Å². The molecule has 0 atom stereocenters. The second kappa shape index (κ2) is 8.20. The smallest absolute Gasteiger partial charge is 0.317 e. The van der Waals surface area contributed by atoms with Crippen LogP contribution in [0.3, 0.4) is 0 Å². The topological polar surface area (TPSA) is 45.2 Å². The van der Waals surface area contributed by atoms with E-state index in [1.807, 2.05) is 29.4 Å². The summed E-state index contributed by atoms with van der Waals surface area (Å²) in [5, 5.41) is 3.13. The molecule has 2 amide bonds. The number of carbonyl (C=O) groups excluding carboxylic acids is 1. The van der Waals surface area contributed by atoms with Gasteiger partial charge in [-0.25, -0.2) is 4.79 Å². The molecule has 5 rings (SSSR count). The minimum absolute atomic E-state index is 0.122. The maximum absolute atomic E-state index is 12.6. The molecule has 0 aliphatic heterocycles. The lowest BCUT2D eigenvalue weighted by Crippen LogP contribution is -2.48. The van der Waals surface area contributed by atoms with Crippen molar-refractivity contribution < 1.29 is 4.79 Å². The molecule has 1 N–H and O–H groups in total. The number of nitrogens with zero attached hydrogens (tertiary/aromatic N) is 2. The Balaban J connectivity index is 1.21. The van der Waals surface area contributed by atoms with Crippen LogP contribution in [-0.2, 0) is 6.42 Å². The van der Waals surface area contributed by atoms with Gasteiger partial charge in [0.2, 0.25) is 0 Å². The second-order valence-corrected chi connectivity index (χ2v) is 9.44. The number of aromatic nitrogens is 1. The van der Waals surface area contributed by atoms with Crippen LogP contribution in [0.5, 0.6) is 0 Å². The Hall–Kier alpha value is -1.58. The number of carbonyl (C=O) groups is 1. The molecule has 0 radical (unpaired) electrons. The van der Waals surface area contributed by atoms with Crippen LogP contribution in [0.1, 0.15) is 63.9 Å². The summed E-state index contributed by atoms with van der Waals surface area (Å²) in [4.78, 5) is 18.7. The molecule has 4 nitrogen and oxygen atoms in total. The molecule has 1 aromatic rings. The third-order valence-corrected chi connectivity index (χ3v) is 7.41. The fourth-order valence-corrected chi connectivity index (χ4v) is 6.52. The molecular weight excluding hydrogens is 334 g/mol. The van der Waals surface area contributed by atoms with Gasteiger partial charge in [-0.1, -0.05) is 0 Å². The van der Waals surface area contributed by atoms with E-state index < -0.39 is 0 Å². The van der Waals surface area contributed by atoms with Crippen molar-refractivity contribution in [1.82, 2.24) is 15.2 Å². The average molecular weight is 370 g/mol. The normalized spacial score (nSPS) is 31.1. The summed E-state index contributed by atoms with van der Waals surface area (Å²) >= 11 is 0. The zero-order chi connectivity index (χ0) is 18.7. The largest absolute Gasteiger partial charge is 0.338 e. The van der Waals surface area contributed by atoms with E-state index in [-0.39, 0.29) is 6.03 Å². The van der Waals surface area contributed by atoms with Crippen LogP contribution < -0.4 is 5.32 Å². The molecule has 0 aromatic carbocycles. The fraction of sp³-hybridized carbons (Fsp3) is 0.739. The first kappa shape index (κ1) is 18.8. The maximum atomic E-state index is 12.6. The Bertz CT molecular complexity index is 594. The standard InChI is InChI=1S/C23H35N3O/c1-2-26(22(27)25-8-3-4-18-5-9-24-10-6-18)11-7-23-15-19-12-20(16-23)14-21(13-19)17-23/h5-6,9-10,19-21H,2-4,7-8,11-17H2,1H3,(H,25,27). The van der Waals surface area contributed by atoms with Crippen molar-refractivity contribution in [1.29, 1.82) is 0 Å². The minimum atomic E-state index is 0.122. The van der Waals surface area contributed by atoms with Crippen LogP contribution in [-0.4, -0.2) is 35.5 Å². The summed E-state index contributed by atoms with van der Waals surface area (Å²) in [6.07, 6.45) is 15.6. The van der Waals surface area contributed by atoms with Crippen molar-refractivity contribution in [3.8, 4) is 0 Å². The molecule has 1 aromatic heterocycles. The third kappa shape index (κ3) is 4.47. The first-order chi connectivity index (χ1) is 13.2. The summed E-state index contributed by atoms with van der Waals surface area (Å²) in [5.41, 5.74) is 1.84. The Morgan fingerprint density at radius 3 is 2.37 bits per heavy atom. The Morgan fingerprint density at radius 1 is 1.15 bits per heavy atom. The molecule has 27 heavy (non-hydrogen) atoms. The third-order valence-electron chi connectivity index (χ3n) is 7.41. The Morgan fingerprint density at radius 2 is 1.78 bits per heavy atom. The summed E-state index contributed by atoms with van der Waals surface area (Å²) in [5.74, 6) is 2.98. The number of amides is 2. The van der Waals surface area contributed by atoms with E-state index in [0.29, 0.717) is 5.41 Å². The van der Waals surface area contributed by atoms with E-state index in [1.54, 1.807) is 0 Å². The summed E-state index contributed by atoms with van der Waals surface area (Å²) in [6, 6.07) is 4.22. The number of rotatable bonds is 8. The van der Waals surface area contributed by atoms with Crippen LogP contribution in [0.25, 0.3) is 0 Å². The monoisotopic (exact) mass is 369 g/mol. The van der Waals surface area contributed by atoms with E-state index in [4.69, 9.17) is 0 Å². The lowest BCUT2D eigenvalue weighted by molar-refractivity contribution is -0.0595.